The molecule has 0 saturated carbocycles. The van der Waals surface area contributed by atoms with Crippen LogP contribution in [0.15, 0.2) is 5.11 Å². The van der Waals surface area contributed by atoms with Crippen molar-refractivity contribution in [3.05, 3.63) is 10.4 Å². The molecule has 1 fully saturated rings. The van der Waals surface area contributed by atoms with Crippen molar-refractivity contribution in [1.82, 2.24) is 0 Å². The van der Waals surface area contributed by atoms with E-state index in [2.05, 4.69) is 10.0 Å². The molecular weight excluding hydrogens is 178 g/mol. The van der Waals surface area contributed by atoms with Gasteiger partial charge in [0, 0.05) is 12.0 Å². The highest BCUT2D eigenvalue weighted by molar-refractivity contribution is 4.92. The predicted molar refractivity (Wildman–Crippen MR) is 41.7 cm³/mol. The van der Waals surface area contributed by atoms with E-state index in [0.717, 1.165) is 0 Å². The van der Waals surface area contributed by atoms with Crippen LogP contribution in [0.4, 0.5) is 0 Å². The molecule has 0 aromatic heterocycles. The average Bonchev–Trinajstić information content (AvgIpc) is 2.45. The number of nitrogens with zero attached hydrogens (tertiary/aromatic N) is 3. The third-order valence-corrected chi connectivity index (χ3v) is 1.92. The van der Waals surface area contributed by atoms with Crippen LogP contribution in [-0.4, -0.2) is 48.5 Å². The second kappa shape index (κ2) is 4.40. The van der Waals surface area contributed by atoms with E-state index in [-0.39, 0.29) is 6.61 Å². The Bertz CT molecular complexity index is 216. The fourth-order valence-electron chi connectivity index (χ4n) is 1.26. The average molecular weight is 189 g/mol. The van der Waals surface area contributed by atoms with E-state index >= 15 is 0 Å². The van der Waals surface area contributed by atoms with Crippen molar-refractivity contribution in [3.63, 3.8) is 0 Å². The maximum atomic E-state index is 9.46. The van der Waals surface area contributed by atoms with Gasteiger partial charge in [0.05, 0.1) is 18.8 Å². The summed E-state index contributed by atoms with van der Waals surface area (Å²) in [6.07, 6.45) is -2.57. The molecule has 1 heterocycles. The minimum Gasteiger partial charge on any atom is -0.394 e. The van der Waals surface area contributed by atoms with Gasteiger partial charge in [0.15, 0.2) is 6.29 Å². The number of rotatable bonds is 3. The maximum absolute atomic E-state index is 9.46. The molecule has 0 radical (unpaired) electrons. The molecule has 13 heavy (non-hydrogen) atoms. The molecule has 1 rings (SSSR count). The lowest BCUT2D eigenvalue weighted by Crippen LogP contribution is -2.32. The van der Waals surface area contributed by atoms with Gasteiger partial charge in [0.2, 0.25) is 0 Å². The number of aliphatic hydroxyl groups excluding tert-OH is 2. The second-order valence-corrected chi connectivity index (χ2v) is 2.65. The fraction of sp³-hybridized carbons (Fsp3) is 1.00. The second-order valence-electron chi connectivity index (χ2n) is 2.65. The molecule has 2 N–H and O–H groups in total. The molecule has 4 atom stereocenters. The van der Waals surface area contributed by atoms with Gasteiger partial charge in [-0.3, -0.25) is 0 Å². The molecule has 1 saturated heterocycles. The number of aliphatic hydroxyl groups is 2. The summed E-state index contributed by atoms with van der Waals surface area (Å²) in [5, 5.41) is 21.6. The molecule has 0 aromatic rings. The molecule has 0 bridgehead atoms. The molecule has 7 nitrogen and oxygen atoms in total. The first-order chi connectivity index (χ1) is 6.24. The van der Waals surface area contributed by atoms with Gasteiger partial charge >= 0.3 is 0 Å². The summed E-state index contributed by atoms with van der Waals surface area (Å²) in [5.74, 6) is 0. The molecule has 0 aromatic carbocycles. The van der Waals surface area contributed by atoms with Gasteiger partial charge in [-0.1, -0.05) is 5.11 Å². The van der Waals surface area contributed by atoms with Crippen molar-refractivity contribution in [1.29, 1.82) is 0 Å². The Morgan fingerprint density at radius 3 is 2.85 bits per heavy atom. The highest BCUT2D eigenvalue weighted by Crippen LogP contribution is 2.24. The molecule has 0 aliphatic carbocycles. The van der Waals surface area contributed by atoms with Crippen molar-refractivity contribution in [2.75, 3.05) is 13.7 Å². The van der Waals surface area contributed by atoms with E-state index in [1.165, 1.54) is 7.11 Å². The lowest BCUT2D eigenvalue weighted by Gasteiger charge is -2.11. The van der Waals surface area contributed by atoms with Crippen LogP contribution in [-0.2, 0) is 9.47 Å². The first-order valence-electron chi connectivity index (χ1n) is 3.76. The van der Waals surface area contributed by atoms with Gasteiger partial charge in [0.1, 0.15) is 6.10 Å². The van der Waals surface area contributed by atoms with Crippen LogP contribution in [0.2, 0.25) is 0 Å². The standard InChI is InChI=1S/C6H11N3O4/c1-12-6-5(11)4(8-9-7)3(2-10)13-6/h3-6,10-11H,2H2,1H3/t3-,4-,5+,6+/m1/s1. The summed E-state index contributed by atoms with van der Waals surface area (Å²) in [4.78, 5) is 2.55. The van der Waals surface area contributed by atoms with Gasteiger partial charge in [-0.25, -0.2) is 0 Å². The zero-order valence-corrected chi connectivity index (χ0v) is 7.07. The molecular formula is C6H11N3O4. The maximum Gasteiger partial charge on any atom is 0.184 e. The van der Waals surface area contributed by atoms with Crippen molar-refractivity contribution in [3.8, 4) is 0 Å². The van der Waals surface area contributed by atoms with Gasteiger partial charge in [-0.05, 0) is 5.53 Å². The third kappa shape index (κ3) is 1.90. The van der Waals surface area contributed by atoms with E-state index in [0.29, 0.717) is 0 Å². The number of methoxy groups -OCH3 is 1. The van der Waals surface area contributed by atoms with Gasteiger partial charge in [-0.2, -0.15) is 0 Å². The third-order valence-electron chi connectivity index (χ3n) is 1.92. The fourth-order valence-corrected chi connectivity index (χ4v) is 1.26. The smallest absolute Gasteiger partial charge is 0.184 e. The zero-order chi connectivity index (χ0) is 9.84. The Hall–Kier alpha value is -0.850. The SMILES string of the molecule is CO[C@H]1O[C@H](CO)[C@@H](N=[N+]=[N-])[C@@H]1O. The van der Waals surface area contributed by atoms with Crippen molar-refractivity contribution < 1.29 is 19.7 Å². The molecule has 1 aliphatic heterocycles. The number of ether oxygens (including phenoxy) is 2. The first-order valence-corrected chi connectivity index (χ1v) is 3.76. The van der Waals surface area contributed by atoms with Crippen LogP contribution in [0.5, 0.6) is 0 Å². The lowest BCUT2D eigenvalue weighted by molar-refractivity contribution is -0.153. The van der Waals surface area contributed by atoms with Gasteiger partial charge in [0.25, 0.3) is 0 Å². The summed E-state index contributed by atoms with van der Waals surface area (Å²) < 4.78 is 9.82. The first kappa shape index (κ1) is 10.2. The van der Waals surface area contributed by atoms with E-state index in [9.17, 15) is 5.11 Å². The van der Waals surface area contributed by atoms with E-state index in [4.69, 9.17) is 20.1 Å². The zero-order valence-electron chi connectivity index (χ0n) is 7.07. The molecule has 7 heteroatoms. The molecule has 0 unspecified atom stereocenters. The lowest BCUT2D eigenvalue weighted by atomic mass is 10.1. The minimum absolute atomic E-state index is 0.319. The Morgan fingerprint density at radius 2 is 2.38 bits per heavy atom. The van der Waals surface area contributed by atoms with Crippen LogP contribution >= 0.6 is 0 Å². The molecule has 1 aliphatic rings. The van der Waals surface area contributed by atoms with E-state index in [1.54, 1.807) is 0 Å². The monoisotopic (exact) mass is 189 g/mol. The van der Waals surface area contributed by atoms with Crippen molar-refractivity contribution >= 4 is 0 Å². The summed E-state index contributed by atoms with van der Waals surface area (Å²) in [6.45, 7) is -0.319. The summed E-state index contributed by atoms with van der Waals surface area (Å²) >= 11 is 0. The minimum atomic E-state index is -1.03. The summed E-state index contributed by atoms with van der Waals surface area (Å²) in [5.41, 5.74) is 8.19. The Balaban J connectivity index is 2.73. The van der Waals surface area contributed by atoms with Gasteiger partial charge < -0.3 is 19.7 Å². The van der Waals surface area contributed by atoms with Crippen molar-refractivity contribution in [2.24, 2.45) is 5.11 Å². The molecule has 0 spiro atoms. The Morgan fingerprint density at radius 1 is 1.69 bits per heavy atom. The van der Waals surface area contributed by atoms with Crippen molar-refractivity contribution in [2.45, 2.75) is 24.5 Å². The normalized spacial score (nSPS) is 38.7. The van der Waals surface area contributed by atoms with Crippen LogP contribution in [0.1, 0.15) is 0 Å². The highest BCUT2D eigenvalue weighted by atomic mass is 16.7. The van der Waals surface area contributed by atoms with Crippen LogP contribution in [0, 0.1) is 0 Å². The number of hydrogen-bond donors (Lipinski definition) is 2. The summed E-state index contributed by atoms with van der Waals surface area (Å²) in [6, 6.07) is -0.792. The topological polar surface area (TPSA) is 108 Å². The highest BCUT2D eigenvalue weighted by Gasteiger charge is 2.43. The molecule has 74 valence electrons. The quantitative estimate of drug-likeness (QED) is 0.350. The number of hydrogen-bond acceptors (Lipinski definition) is 5. The Labute approximate surface area is 74.5 Å². The van der Waals surface area contributed by atoms with E-state index in [1.807, 2.05) is 0 Å². The van der Waals surface area contributed by atoms with Gasteiger partial charge in [-0.15, -0.1) is 0 Å². The van der Waals surface area contributed by atoms with Crippen LogP contribution in [0.3, 0.4) is 0 Å². The van der Waals surface area contributed by atoms with Crippen LogP contribution < -0.4 is 0 Å². The largest absolute Gasteiger partial charge is 0.394 e. The Kier molecular flexibility index (Phi) is 3.47. The van der Waals surface area contributed by atoms with E-state index < -0.39 is 24.5 Å². The summed E-state index contributed by atoms with van der Waals surface area (Å²) in [7, 11) is 1.36. The molecule has 0 amide bonds. The number of azide groups is 1. The van der Waals surface area contributed by atoms with Crippen LogP contribution in [0.25, 0.3) is 10.4 Å². The predicted octanol–water partition coefficient (Wildman–Crippen LogP) is -0.610.